The van der Waals surface area contributed by atoms with Crippen LogP contribution in [0.2, 0.25) is 0 Å². The molecular weight excluding hydrogens is 196 g/mol. The molecule has 1 aromatic rings. The second-order valence-electron chi connectivity index (χ2n) is 2.63. The van der Waals surface area contributed by atoms with Gasteiger partial charge in [-0.25, -0.2) is 0 Å². The zero-order chi connectivity index (χ0) is 11.8. The van der Waals surface area contributed by atoms with Gasteiger partial charge in [-0.05, 0) is 12.1 Å². The molecule has 1 aromatic carbocycles. The summed E-state index contributed by atoms with van der Waals surface area (Å²) in [5.74, 6) is -0.164. The highest BCUT2D eigenvalue weighted by atomic mass is 16.5. The van der Waals surface area contributed by atoms with E-state index in [1.807, 2.05) is 12.1 Å². The molecule has 0 atom stereocenters. The van der Waals surface area contributed by atoms with Gasteiger partial charge in [0.1, 0.15) is 11.6 Å². The van der Waals surface area contributed by atoms with Crippen molar-refractivity contribution in [1.29, 1.82) is 5.41 Å². The number of nitrogens with one attached hydrogen (secondary N) is 1. The fraction of sp³-hybridized carbons (Fsp3) is 0.200. The normalized spacial score (nSPS) is 8.40. The number of nitrogen functional groups attached to an aromatic ring is 1. The van der Waals surface area contributed by atoms with Crippen LogP contribution in [0.5, 0.6) is 5.75 Å². The Hall–Kier alpha value is -2.04. The minimum atomic E-state index is -0.833. The number of hydrogen-bond acceptors (Lipinski definition) is 3. The number of carboxylic acid groups (broad SMARTS) is 1. The summed E-state index contributed by atoms with van der Waals surface area (Å²) in [6.07, 6.45) is 0. The predicted octanol–water partition coefficient (Wildman–Crippen LogP) is 1.07. The summed E-state index contributed by atoms with van der Waals surface area (Å²) in [6, 6.07) is 7.18. The van der Waals surface area contributed by atoms with Gasteiger partial charge in [-0.15, -0.1) is 0 Å². The average Bonchev–Trinajstić information content (AvgIpc) is 2.16. The summed E-state index contributed by atoms with van der Waals surface area (Å²) in [5.41, 5.74) is 5.93. The Kier molecular flexibility index (Phi) is 5.55. The van der Waals surface area contributed by atoms with Crippen LogP contribution in [0.3, 0.4) is 0 Å². The van der Waals surface area contributed by atoms with Gasteiger partial charge in [0.05, 0.1) is 12.7 Å². The highest BCUT2D eigenvalue weighted by Crippen LogP contribution is 2.15. The van der Waals surface area contributed by atoms with Crippen LogP contribution in [-0.4, -0.2) is 24.0 Å². The zero-order valence-corrected chi connectivity index (χ0v) is 8.65. The maximum atomic E-state index is 9.00. The molecule has 0 saturated carbocycles. The first kappa shape index (κ1) is 13.0. The summed E-state index contributed by atoms with van der Waals surface area (Å²) in [4.78, 5) is 9.00. The number of hydrogen-bond donors (Lipinski definition) is 3. The van der Waals surface area contributed by atoms with E-state index < -0.39 is 5.97 Å². The Morgan fingerprint density at radius 3 is 2.27 bits per heavy atom. The van der Waals surface area contributed by atoms with Gasteiger partial charge in [-0.1, -0.05) is 12.1 Å². The van der Waals surface area contributed by atoms with E-state index in [1.54, 1.807) is 19.2 Å². The van der Waals surface area contributed by atoms with E-state index in [1.165, 1.54) is 0 Å². The summed E-state index contributed by atoms with van der Waals surface area (Å²) >= 11 is 0. The maximum Gasteiger partial charge on any atom is 0.300 e. The smallest absolute Gasteiger partial charge is 0.300 e. The van der Waals surface area contributed by atoms with Crippen LogP contribution in [0.4, 0.5) is 0 Å². The lowest BCUT2D eigenvalue weighted by atomic mass is 10.2. The third-order valence-corrected chi connectivity index (χ3v) is 1.40. The van der Waals surface area contributed by atoms with Crippen molar-refractivity contribution in [2.45, 2.75) is 6.92 Å². The van der Waals surface area contributed by atoms with Crippen LogP contribution < -0.4 is 10.5 Å². The van der Waals surface area contributed by atoms with Crippen LogP contribution in [0.15, 0.2) is 24.3 Å². The number of nitrogens with two attached hydrogens (primary N) is 1. The topological polar surface area (TPSA) is 96.4 Å². The van der Waals surface area contributed by atoms with Crippen molar-refractivity contribution in [2.24, 2.45) is 5.73 Å². The van der Waals surface area contributed by atoms with E-state index in [4.69, 9.17) is 25.8 Å². The van der Waals surface area contributed by atoms with Gasteiger partial charge < -0.3 is 15.6 Å². The summed E-state index contributed by atoms with van der Waals surface area (Å²) in [7, 11) is 1.56. The summed E-state index contributed by atoms with van der Waals surface area (Å²) in [5, 5.41) is 14.6. The van der Waals surface area contributed by atoms with Gasteiger partial charge >= 0.3 is 0 Å². The Bertz CT molecular complexity index is 346. The Morgan fingerprint density at radius 1 is 1.47 bits per heavy atom. The molecular formula is C10H14N2O3. The number of ether oxygens (including phenoxy) is 1. The van der Waals surface area contributed by atoms with Crippen LogP contribution in [-0.2, 0) is 4.79 Å². The number of methoxy groups -OCH3 is 1. The number of amidine groups is 1. The molecule has 0 aliphatic heterocycles. The number of para-hydroxylation sites is 1. The Morgan fingerprint density at radius 2 is 1.93 bits per heavy atom. The van der Waals surface area contributed by atoms with Crippen molar-refractivity contribution in [3.63, 3.8) is 0 Å². The minimum absolute atomic E-state index is 0.0300. The highest BCUT2D eigenvalue weighted by Gasteiger charge is 2.02. The third kappa shape index (κ3) is 5.30. The van der Waals surface area contributed by atoms with Gasteiger partial charge in [-0.3, -0.25) is 10.2 Å². The van der Waals surface area contributed by atoms with Crippen LogP contribution >= 0.6 is 0 Å². The molecule has 4 N–H and O–H groups in total. The van der Waals surface area contributed by atoms with Crippen molar-refractivity contribution in [3.8, 4) is 5.75 Å². The van der Waals surface area contributed by atoms with E-state index in [2.05, 4.69) is 0 Å². The molecule has 0 aromatic heterocycles. The van der Waals surface area contributed by atoms with E-state index in [-0.39, 0.29) is 5.84 Å². The van der Waals surface area contributed by atoms with Gasteiger partial charge in [0.2, 0.25) is 0 Å². The van der Waals surface area contributed by atoms with Gasteiger partial charge in [-0.2, -0.15) is 0 Å². The average molecular weight is 210 g/mol. The summed E-state index contributed by atoms with van der Waals surface area (Å²) < 4.78 is 4.99. The van der Waals surface area contributed by atoms with Crippen LogP contribution in [0.25, 0.3) is 0 Å². The first-order chi connectivity index (χ1) is 6.99. The Balaban J connectivity index is 0.000000423. The monoisotopic (exact) mass is 210 g/mol. The van der Waals surface area contributed by atoms with E-state index in [0.717, 1.165) is 6.92 Å². The molecule has 82 valence electrons. The number of carbonyl (C=O) groups is 1. The van der Waals surface area contributed by atoms with Crippen molar-refractivity contribution in [1.82, 2.24) is 0 Å². The molecule has 1 rings (SSSR count). The molecule has 15 heavy (non-hydrogen) atoms. The third-order valence-electron chi connectivity index (χ3n) is 1.40. The molecule has 0 aliphatic rings. The lowest BCUT2D eigenvalue weighted by molar-refractivity contribution is -0.134. The van der Waals surface area contributed by atoms with Gasteiger partial charge in [0.15, 0.2) is 0 Å². The molecule has 0 amide bonds. The van der Waals surface area contributed by atoms with Gasteiger partial charge in [0.25, 0.3) is 5.97 Å². The minimum Gasteiger partial charge on any atom is -0.496 e. The Labute approximate surface area is 88.0 Å². The number of benzene rings is 1. The fourth-order valence-electron chi connectivity index (χ4n) is 0.867. The second kappa shape index (κ2) is 6.42. The number of carboxylic acids is 1. The second-order valence-corrected chi connectivity index (χ2v) is 2.63. The first-order valence-corrected chi connectivity index (χ1v) is 4.16. The molecule has 0 saturated heterocycles. The summed E-state index contributed by atoms with van der Waals surface area (Å²) in [6.45, 7) is 1.08. The molecule has 0 unspecified atom stereocenters. The molecule has 0 fully saturated rings. The quantitative estimate of drug-likeness (QED) is 0.502. The van der Waals surface area contributed by atoms with E-state index in [9.17, 15) is 0 Å². The first-order valence-electron chi connectivity index (χ1n) is 4.16. The van der Waals surface area contributed by atoms with Crippen molar-refractivity contribution in [3.05, 3.63) is 29.8 Å². The number of aliphatic carboxylic acids is 1. The number of rotatable bonds is 2. The van der Waals surface area contributed by atoms with Crippen molar-refractivity contribution < 1.29 is 14.6 Å². The predicted molar refractivity (Wildman–Crippen MR) is 57.3 cm³/mol. The lowest BCUT2D eigenvalue weighted by Gasteiger charge is -2.04. The lowest BCUT2D eigenvalue weighted by Crippen LogP contribution is -2.12. The maximum absolute atomic E-state index is 9.00. The van der Waals surface area contributed by atoms with Crippen molar-refractivity contribution in [2.75, 3.05) is 7.11 Å². The molecule has 0 heterocycles. The largest absolute Gasteiger partial charge is 0.496 e. The molecule has 5 heteroatoms. The van der Waals surface area contributed by atoms with Crippen LogP contribution in [0.1, 0.15) is 12.5 Å². The molecule has 0 spiro atoms. The van der Waals surface area contributed by atoms with Crippen molar-refractivity contribution >= 4 is 11.8 Å². The molecule has 0 radical (unpaired) electrons. The molecule has 0 bridgehead atoms. The van der Waals surface area contributed by atoms with Crippen LogP contribution in [0, 0.1) is 5.41 Å². The van der Waals surface area contributed by atoms with E-state index >= 15 is 0 Å². The van der Waals surface area contributed by atoms with Gasteiger partial charge in [0, 0.05) is 6.92 Å². The zero-order valence-electron chi connectivity index (χ0n) is 8.65. The molecule has 5 nitrogen and oxygen atoms in total. The standard InChI is InChI=1S/C8H10N2O.C2H4O2/c1-11-7-5-3-2-4-6(7)8(9)10;1-2(3)4/h2-5H,1H3,(H3,9,10);1H3,(H,3,4). The SMILES string of the molecule is CC(=O)O.COc1ccccc1C(=N)N. The highest BCUT2D eigenvalue weighted by molar-refractivity contribution is 5.97. The fourth-order valence-corrected chi connectivity index (χ4v) is 0.867. The van der Waals surface area contributed by atoms with E-state index in [0.29, 0.717) is 11.3 Å². The molecule has 0 aliphatic carbocycles.